The van der Waals surface area contributed by atoms with E-state index in [0.717, 1.165) is 17.8 Å². The van der Waals surface area contributed by atoms with E-state index in [2.05, 4.69) is 20.8 Å². The van der Waals surface area contributed by atoms with Crippen LogP contribution in [0.2, 0.25) is 0 Å². The molecule has 2 heteroatoms. The van der Waals surface area contributed by atoms with Gasteiger partial charge >= 0.3 is 5.97 Å². The summed E-state index contributed by atoms with van der Waals surface area (Å²) in [5, 5.41) is 9.15. The summed E-state index contributed by atoms with van der Waals surface area (Å²) in [6.07, 6.45) is 7.24. The first kappa shape index (κ1) is 12.5. The molecule has 0 aromatic rings. The van der Waals surface area contributed by atoms with Gasteiger partial charge in [-0.25, -0.2) is 0 Å². The van der Waals surface area contributed by atoms with Crippen LogP contribution in [0, 0.1) is 34.5 Å². The molecule has 4 aliphatic carbocycles. The number of hydrogen-bond donors (Lipinski definition) is 1. The lowest BCUT2D eigenvalue weighted by atomic mass is 9.43. The number of carboxylic acid groups (broad SMARTS) is 1. The van der Waals surface area contributed by atoms with Gasteiger partial charge in [-0.15, -0.1) is 0 Å². The molecule has 4 fully saturated rings. The van der Waals surface area contributed by atoms with Gasteiger partial charge in [-0.1, -0.05) is 20.8 Å². The lowest BCUT2D eigenvalue weighted by molar-refractivity contribution is -0.150. The number of rotatable bonds is 3. The molecule has 2 unspecified atom stereocenters. The fourth-order valence-electron chi connectivity index (χ4n) is 6.21. The second kappa shape index (κ2) is 3.74. The Hall–Kier alpha value is -0.530. The van der Waals surface area contributed by atoms with Gasteiger partial charge in [0.2, 0.25) is 0 Å². The van der Waals surface area contributed by atoms with Crippen LogP contribution in [0.4, 0.5) is 0 Å². The minimum atomic E-state index is -0.625. The maximum Gasteiger partial charge on any atom is 0.303 e. The van der Waals surface area contributed by atoms with Gasteiger partial charge in [-0.3, -0.25) is 4.79 Å². The van der Waals surface area contributed by atoms with E-state index in [-0.39, 0.29) is 5.41 Å². The molecule has 102 valence electrons. The van der Waals surface area contributed by atoms with E-state index in [1.165, 1.54) is 32.1 Å². The summed E-state index contributed by atoms with van der Waals surface area (Å²) in [4.78, 5) is 11.1. The third kappa shape index (κ3) is 1.88. The van der Waals surface area contributed by atoms with Crippen molar-refractivity contribution in [2.45, 2.75) is 59.3 Å². The maximum atomic E-state index is 11.1. The van der Waals surface area contributed by atoms with E-state index in [9.17, 15) is 4.79 Å². The Balaban J connectivity index is 1.84. The van der Waals surface area contributed by atoms with Crippen LogP contribution in [0.1, 0.15) is 59.3 Å². The molecule has 0 aromatic carbocycles. The molecule has 4 bridgehead atoms. The highest BCUT2D eigenvalue weighted by atomic mass is 16.4. The minimum absolute atomic E-state index is 0.0230. The largest absolute Gasteiger partial charge is 0.481 e. The zero-order valence-electron chi connectivity index (χ0n) is 11.9. The lowest BCUT2D eigenvalue weighted by Gasteiger charge is -2.62. The van der Waals surface area contributed by atoms with Gasteiger partial charge in [0, 0.05) is 0 Å². The van der Waals surface area contributed by atoms with Crippen molar-refractivity contribution in [1.29, 1.82) is 0 Å². The molecule has 4 aliphatic rings. The van der Waals surface area contributed by atoms with Crippen LogP contribution in [-0.4, -0.2) is 11.1 Å². The van der Waals surface area contributed by atoms with Crippen molar-refractivity contribution in [1.82, 2.24) is 0 Å². The fraction of sp³-hybridized carbons (Fsp3) is 0.938. The Morgan fingerprint density at radius 2 is 1.78 bits per heavy atom. The van der Waals surface area contributed by atoms with Crippen molar-refractivity contribution in [2.24, 2.45) is 34.5 Å². The van der Waals surface area contributed by atoms with Gasteiger partial charge in [0.15, 0.2) is 0 Å². The zero-order chi connectivity index (χ0) is 13.1. The summed E-state index contributed by atoms with van der Waals surface area (Å²) >= 11 is 0. The van der Waals surface area contributed by atoms with Gasteiger partial charge in [0.25, 0.3) is 0 Å². The third-order valence-corrected chi connectivity index (χ3v) is 6.09. The predicted octanol–water partition coefficient (Wildman–Crippen LogP) is 3.95. The number of carbonyl (C=O) groups is 1. The molecule has 4 saturated carbocycles. The smallest absolute Gasteiger partial charge is 0.303 e. The first-order chi connectivity index (χ1) is 8.29. The minimum Gasteiger partial charge on any atom is -0.481 e. The van der Waals surface area contributed by atoms with Crippen molar-refractivity contribution < 1.29 is 9.90 Å². The topological polar surface area (TPSA) is 37.3 Å². The van der Waals surface area contributed by atoms with Crippen LogP contribution in [0.15, 0.2) is 0 Å². The summed E-state index contributed by atoms with van der Waals surface area (Å²) in [6.45, 7) is 6.85. The van der Waals surface area contributed by atoms with Crippen molar-refractivity contribution in [3.63, 3.8) is 0 Å². The molecule has 0 radical (unpaired) electrons. The summed E-state index contributed by atoms with van der Waals surface area (Å²) in [5.41, 5.74) is 0.567. The quantitative estimate of drug-likeness (QED) is 0.823. The Labute approximate surface area is 110 Å². The second-order valence-electron chi connectivity index (χ2n) is 8.37. The Kier molecular flexibility index (Phi) is 2.60. The number of hydrogen-bond acceptors (Lipinski definition) is 1. The van der Waals surface area contributed by atoms with Gasteiger partial charge in [0.1, 0.15) is 0 Å². The van der Waals surface area contributed by atoms with Crippen molar-refractivity contribution in [2.75, 3.05) is 0 Å². The van der Waals surface area contributed by atoms with Crippen LogP contribution in [0.5, 0.6) is 0 Å². The predicted molar refractivity (Wildman–Crippen MR) is 71.2 cm³/mol. The average molecular weight is 250 g/mol. The van der Waals surface area contributed by atoms with Crippen LogP contribution in [0.25, 0.3) is 0 Å². The first-order valence-electron chi connectivity index (χ1n) is 7.51. The van der Waals surface area contributed by atoms with E-state index in [4.69, 9.17) is 5.11 Å². The van der Waals surface area contributed by atoms with Gasteiger partial charge in [-0.05, 0) is 66.6 Å². The highest BCUT2D eigenvalue weighted by Crippen LogP contribution is 2.65. The first-order valence-corrected chi connectivity index (χ1v) is 7.51. The van der Waals surface area contributed by atoms with E-state index in [1.54, 1.807) is 0 Å². The van der Waals surface area contributed by atoms with Crippen LogP contribution in [-0.2, 0) is 4.79 Å². The molecule has 0 aromatic heterocycles. The Morgan fingerprint density at radius 3 is 2.22 bits per heavy atom. The summed E-state index contributed by atoms with van der Waals surface area (Å²) in [7, 11) is 0. The normalized spacial score (nSPS) is 46.4. The number of carboxylic acids is 1. The molecule has 0 amide bonds. The monoisotopic (exact) mass is 250 g/mol. The molecule has 0 aliphatic heterocycles. The van der Waals surface area contributed by atoms with Crippen molar-refractivity contribution >= 4 is 5.97 Å². The molecule has 0 heterocycles. The molecule has 2 atom stereocenters. The zero-order valence-corrected chi connectivity index (χ0v) is 11.9. The lowest BCUT2D eigenvalue weighted by Crippen LogP contribution is -2.54. The molecule has 4 rings (SSSR count). The molecule has 18 heavy (non-hydrogen) atoms. The van der Waals surface area contributed by atoms with Gasteiger partial charge in [0.05, 0.1) is 6.42 Å². The van der Waals surface area contributed by atoms with Crippen molar-refractivity contribution in [3.8, 4) is 0 Å². The molecule has 0 spiro atoms. The highest BCUT2D eigenvalue weighted by Gasteiger charge is 2.56. The van der Waals surface area contributed by atoms with Gasteiger partial charge in [-0.2, -0.15) is 0 Å². The fourth-order valence-corrected chi connectivity index (χ4v) is 6.21. The average Bonchev–Trinajstić information content (AvgIpc) is 2.09. The molecule has 2 nitrogen and oxygen atoms in total. The third-order valence-electron chi connectivity index (χ3n) is 6.09. The molecule has 0 saturated heterocycles. The van der Waals surface area contributed by atoms with E-state index >= 15 is 0 Å². The highest BCUT2D eigenvalue weighted by molar-refractivity contribution is 5.67. The second-order valence-corrected chi connectivity index (χ2v) is 8.37. The summed E-state index contributed by atoms with van der Waals surface area (Å²) in [5.74, 6) is 2.58. The summed E-state index contributed by atoms with van der Waals surface area (Å²) < 4.78 is 0. The maximum absolute atomic E-state index is 11.1. The standard InChI is InChI=1S/C16H26O2/c1-15(2,9-13(17)18)14-11-4-10-5-12(14)8-16(3,6-10)7-11/h10-12,14H,4-9H2,1-3H3,(H,17,18). The molecular formula is C16H26O2. The Bertz CT molecular complexity index is 355. The summed E-state index contributed by atoms with van der Waals surface area (Å²) in [6, 6.07) is 0. The molecular weight excluding hydrogens is 224 g/mol. The van der Waals surface area contributed by atoms with E-state index < -0.39 is 5.97 Å². The van der Waals surface area contributed by atoms with E-state index in [0.29, 0.717) is 17.8 Å². The Morgan fingerprint density at radius 1 is 1.22 bits per heavy atom. The van der Waals surface area contributed by atoms with Crippen LogP contribution >= 0.6 is 0 Å². The molecule has 1 N–H and O–H groups in total. The number of aliphatic carboxylic acids is 1. The van der Waals surface area contributed by atoms with Crippen LogP contribution < -0.4 is 0 Å². The van der Waals surface area contributed by atoms with Crippen molar-refractivity contribution in [3.05, 3.63) is 0 Å². The van der Waals surface area contributed by atoms with Gasteiger partial charge < -0.3 is 5.11 Å². The van der Waals surface area contributed by atoms with Crippen LogP contribution in [0.3, 0.4) is 0 Å². The van der Waals surface area contributed by atoms with E-state index in [1.807, 2.05) is 0 Å². The SMILES string of the molecule is CC12CC3CC(C1)C(C(C)(C)CC(=O)O)C(C3)C2.